The number of aliphatic imine (C=N–C) groups is 1. The van der Waals surface area contributed by atoms with Crippen LogP contribution >= 0.6 is 11.6 Å². The highest BCUT2D eigenvalue weighted by Gasteiger charge is 2.14. The zero-order valence-corrected chi connectivity index (χ0v) is 8.08. The summed E-state index contributed by atoms with van der Waals surface area (Å²) in [5, 5.41) is 12.2. The fourth-order valence-electron chi connectivity index (χ4n) is 0.961. The summed E-state index contributed by atoms with van der Waals surface area (Å²) in [6.45, 7) is 8.34. The van der Waals surface area contributed by atoms with E-state index in [1.54, 1.807) is 19.2 Å². The molecule has 0 N–H and O–H groups in total. The minimum absolute atomic E-state index is 0.320. The van der Waals surface area contributed by atoms with Crippen molar-refractivity contribution in [2.24, 2.45) is 10.1 Å². The van der Waals surface area contributed by atoms with Gasteiger partial charge in [0.2, 0.25) is 6.19 Å². The first-order chi connectivity index (χ1) is 6.69. The fraction of sp³-hybridized carbons (Fsp3) is 0.111. The summed E-state index contributed by atoms with van der Waals surface area (Å²) in [5.74, 6) is 0. The molecule has 0 fully saturated rings. The molecule has 1 aliphatic carbocycles. The van der Waals surface area contributed by atoms with Crippen LogP contribution in [-0.2, 0) is 0 Å². The van der Waals surface area contributed by atoms with Crippen LogP contribution in [0.3, 0.4) is 0 Å². The second kappa shape index (κ2) is 4.36. The van der Waals surface area contributed by atoms with E-state index >= 15 is 0 Å². The molecule has 0 aromatic carbocycles. The van der Waals surface area contributed by atoms with Gasteiger partial charge >= 0.3 is 0 Å². The number of hydrogen-bond donors (Lipinski definition) is 0. The molecule has 0 atom stereocenters. The van der Waals surface area contributed by atoms with E-state index in [1.165, 1.54) is 6.08 Å². The van der Waals surface area contributed by atoms with Crippen LogP contribution in [0.4, 0.5) is 0 Å². The molecule has 0 heterocycles. The summed E-state index contributed by atoms with van der Waals surface area (Å²) < 4.78 is 0. The zero-order chi connectivity index (χ0) is 10.6. The van der Waals surface area contributed by atoms with Crippen molar-refractivity contribution in [2.45, 2.75) is 6.92 Å². The highest BCUT2D eigenvalue weighted by Crippen LogP contribution is 2.16. The highest BCUT2D eigenvalue weighted by molar-refractivity contribution is 6.48. The molecule has 1 aliphatic rings. The number of halogens is 1. The van der Waals surface area contributed by atoms with Crippen molar-refractivity contribution in [2.75, 3.05) is 0 Å². The van der Waals surface area contributed by atoms with Gasteiger partial charge in [-0.15, -0.1) is 4.95 Å². The third-order valence-corrected chi connectivity index (χ3v) is 1.90. The number of hydrogen-bond acceptors (Lipinski definition) is 3. The molecule has 0 saturated carbocycles. The molecule has 0 bridgehead atoms. The van der Waals surface area contributed by atoms with E-state index in [9.17, 15) is 0 Å². The fourth-order valence-corrected chi connectivity index (χ4v) is 1.16. The molecule has 0 aliphatic heterocycles. The standard InChI is InChI=1S/C9H5ClN4/c1-6-3-9(14-12-2)7(10)4-8(6)13-5-11/h3-4H,1H3/b13-8?,14-9-. The van der Waals surface area contributed by atoms with E-state index in [2.05, 4.69) is 15.0 Å². The maximum Gasteiger partial charge on any atom is 0.206 e. The van der Waals surface area contributed by atoms with E-state index in [0.29, 0.717) is 16.5 Å². The van der Waals surface area contributed by atoms with Crippen LogP contribution in [0.5, 0.6) is 0 Å². The van der Waals surface area contributed by atoms with Crippen molar-refractivity contribution >= 4 is 23.0 Å². The molecule has 0 amide bonds. The molecule has 0 aromatic heterocycles. The summed E-state index contributed by atoms with van der Waals surface area (Å²) in [6, 6.07) is 0. The lowest BCUT2D eigenvalue weighted by atomic mass is 10.0. The Hall–Kier alpha value is -1.91. The Morgan fingerprint density at radius 1 is 1.50 bits per heavy atom. The average molecular weight is 205 g/mol. The van der Waals surface area contributed by atoms with Crippen molar-refractivity contribution in [1.82, 2.24) is 0 Å². The molecule has 0 unspecified atom stereocenters. The Labute approximate surface area is 86.3 Å². The molecule has 68 valence electrons. The predicted octanol–water partition coefficient (Wildman–Crippen LogP) is 2.27. The molecule has 0 radical (unpaired) electrons. The molecule has 0 spiro atoms. The zero-order valence-electron chi connectivity index (χ0n) is 7.32. The Balaban J connectivity index is 3.17. The van der Waals surface area contributed by atoms with Crippen molar-refractivity contribution in [3.63, 3.8) is 0 Å². The van der Waals surface area contributed by atoms with Crippen LogP contribution in [0, 0.1) is 18.0 Å². The quantitative estimate of drug-likeness (QED) is 0.258. The Kier molecular flexibility index (Phi) is 3.17. The lowest BCUT2D eigenvalue weighted by Crippen LogP contribution is -2.08. The summed E-state index contributed by atoms with van der Waals surface area (Å²) in [6.07, 6.45) is 4.82. The second-order valence-electron chi connectivity index (χ2n) is 2.50. The molecule has 1 rings (SSSR count). The molecule has 5 heteroatoms. The molecule has 0 saturated heterocycles. The smallest absolute Gasteiger partial charge is 0.181 e. The van der Waals surface area contributed by atoms with E-state index in [4.69, 9.17) is 23.4 Å². The monoisotopic (exact) mass is 204 g/mol. The van der Waals surface area contributed by atoms with Crippen LogP contribution in [0.25, 0.3) is 4.95 Å². The minimum Gasteiger partial charge on any atom is -0.181 e. The van der Waals surface area contributed by atoms with Crippen LogP contribution in [0.15, 0.2) is 32.9 Å². The van der Waals surface area contributed by atoms with E-state index in [-0.39, 0.29) is 0 Å². The van der Waals surface area contributed by atoms with E-state index < -0.39 is 0 Å². The summed E-state index contributed by atoms with van der Waals surface area (Å²) in [7, 11) is 0. The van der Waals surface area contributed by atoms with Crippen LogP contribution in [0.2, 0.25) is 0 Å². The molecule has 0 aromatic rings. The van der Waals surface area contributed by atoms with Gasteiger partial charge in [0.25, 0.3) is 0 Å². The molecule has 14 heavy (non-hydrogen) atoms. The Bertz CT molecular complexity index is 410. The van der Waals surface area contributed by atoms with E-state index in [1.807, 2.05) is 0 Å². The Morgan fingerprint density at radius 2 is 2.21 bits per heavy atom. The van der Waals surface area contributed by atoms with Gasteiger partial charge in [-0.2, -0.15) is 16.8 Å². The minimum atomic E-state index is 0.320. The predicted molar refractivity (Wildman–Crippen MR) is 54.8 cm³/mol. The van der Waals surface area contributed by atoms with Crippen molar-refractivity contribution in [3.8, 4) is 6.19 Å². The topological polar surface area (TPSA) is 52.9 Å². The molecular weight excluding hydrogens is 200 g/mol. The summed E-state index contributed by atoms with van der Waals surface area (Å²) >= 11 is 5.81. The number of allylic oxidation sites excluding steroid dienone is 4. The van der Waals surface area contributed by atoms with Crippen LogP contribution < -0.4 is 0 Å². The number of nitrogens with zero attached hydrogens (tertiary/aromatic N) is 4. The number of rotatable bonds is 0. The lowest BCUT2D eigenvalue weighted by Gasteiger charge is -2.06. The second-order valence-corrected chi connectivity index (χ2v) is 2.91. The maximum absolute atomic E-state index is 8.38. The largest absolute Gasteiger partial charge is 0.206 e. The van der Waals surface area contributed by atoms with Crippen LogP contribution in [-0.4, -0.2) is 11.4 Å². The highest BCUT2D eigenvalue weighted by atomic mass is 35.5. The van der Waals surface area contributed by atoms with Gasteiger partial charge in [0.1, 0.15) is 0 Å². The first-order valence-electron chi connectivity index (χ1n) is 3.66. The average Bonchev–Trinajstić information content (AvgIpc) is 2.14. The van der Waals surface area contributed by atoms with Gasteiger partial charge in [0.15, 0.2) is 5.71 Å². The van der Waals surface area contributed by atoms with Gasteiger partial charge in [-0.25, -0.2) is 0 Å². The van der Waals surface area contributed by atoms with Gasteiger partial charge in [0, 0.05) is 0 Å². The SMILES string of the molecule is [C-]#[N+]/N=C1/C=C(C)C(=NC#N)C=C1Cl. The van der Waals surface area contributed by atoms with Gasteiger partial charge < -0.3 is 0 Å². The third-order valence-electron chi connectivity index (χ3n) is 1.59. The van der Waals surface area contributed by atoms with Gasteiger partial charge in [-0.05, 0) is 24.6 Å². The summed E-state index contributed by atoms with van der Waals surface area (Å²) in [5.41, 5.74) is 1.66. The van der Waals surface area contributed by atoms with Crippen molar-refractivity contribution in [1.29, 1.82) is 5.26 Å². The molecular formula is C9H5ClN4. The van der Waals surface area contributed by atoms with Gasteiger partial charge in [0.05, 0.1) is 15.8 Å². The number of nitriles is 1. The molecule has 4 nitrogen and oxygen atoms in total. The van der Waals surface area contributed by atoms with Gasteiger partial charge in [-0.1, -0.05) is 11.6 Å². The van der Waals surface area contributed by atoms with Crippen LogP contribution in [0.1, 0.15) is 6.92 Å². The lowest BCUT2D eigenvalue weighted by molar-refractivity contribution is 1.42. The van der Waals surface area contributed by atoms with E-state index in [0.717, 1.165) is 5.57 Å². The van der Waals surface area contributed by atoms with Crippen molar-refractivity contribution < 1.29 is 0 Å². The first kappa shape index (κ1) is 10.2. The maximum atomic E-state index is 8.38. The Morgan fingerprint density at radius 3 is 2.79 bits per heavy atom. The first-order valence-corrected chi connectivity index (χ1v) is 4.04. The third kappa shape index (κ3) is 2.07. The normalized spacial score (nSPS) is 21.1. The van der Waals surface area contributed by atoms with Crippen molar-refractivity contribution in [3.05, 3.63) is 34.3 Å². The summed E-state index contributed by atoms with van der Waals surface area (Å²) in [4.78, 5) is 6.45. The van der Waals surface area contributed by atoms with Gasteiger partial charge in [-0.3, -0.25) is 0 Å².